The molecule has 1 unspecified atom stereocenters. The number of hydrogen-bond acceptors (Lipinski definition) is 8. The lowest BCUT2D eigenvalue weighted by Crippen LogP contribution is -2.27. The van der Waals surface area contributed by atoms with Crippen LogP contribution in [0.3, 0.4) is 0 Å². The van der Waals surface area contributed by atoms with E-state index in [0.717, 1.165) is 18.4 Å². The van der Waals surface area contributed by atoms with Crippen molar-refractivity contribution in [2.75, 3.05) is 37.1 Å². The number of carbonyl (C=O) groups excluding carboxylic acids is 2. The van der Waals surface area contributed by atoms with Crippen LogP contribution in [0.25, 0.3) is 22.5 Å². The number of carbonyl (C=O) groups is 2. The Kier molecular flexibility index (Phi) is 9.25. The van der Waals surface area contributed by atoms with Gasteiger partial charge in [0.15, 0.2) is 11.5 Å². The van der Waals surface area contributed by atoms with Crippen LogP contribution in [0.2, 0.25) is 0 Å². The van der Waals surface area contributed by atoms with E-state index >= 15 is 0 Å². The van der Waals surface area contributed by atoms with Crippen LogP contribution in [0.1, 0.15) is 36.2 Å². The molecule has 0 bridgehead atoms. The molecular weight excluding hydrogens is 582 g/mol. The fourth-order valence-electron chi connectivity index (χ4n) is 4.79. The Bertz CT molecular complexity index is 2040. The summed E-state index contributed by atoms with van der Waals surface area (Å²) in [6.07, 6.45) is 4.83. The Hall–Kier alpha value is -5.80. The molecule has 2 amide bonds. The van der Waals surface area contributed by atoms with Crippen LogP contribution in [0.5, 0.6) is 0 Å². The number of aryl methyl sites for hydroxylation is 1. The number of nitrogens with one attached hydrogen (secondary N) is 1. The van der Waals surface area contributed by atoms with Gasteiger partial charge < -0.3 is 16.0 Å². The van der Waals surface area contributed by atoms with Crippen LogP contribution in [-0.4, -0.2) is 68.0 Å². The molecule has 0 fully saturated rings. The van der Waals surface area contributed by atoms with Gasteiger partial charge in [-0.1, -0.05) is 25.3 Å². The molecule has 0 saturated carbocycles. The predicted octanol–water partition coefficient (Wildman–Crippen LogP) is 3.67. The number of pyridine rings is 1. The molecule has 12 nitrogen and oxygen atoms in total. The van der Waals surface area contributed by atoms with Crippen molar-refractivity contribution >= 4 is 40.3 Å². The first-order valence-corrected chi connectivity index (χ1v) is 14.8. The summed E-state index contributed by atoms with van der Waals surface area (Å²) >= 11 is 0. The summed E-state index contributed by atoms with van der Waals surface area (Å²) in [4.78, 5) is 56.0. The van der Waals surface area contributed by atoms with Gasteiger partial charge in [-0.05, 0) is 93.5 Å². The number of fused-ring (bicyclic) bond motifs is 1. The molecule has 0 aliphatic rings. The van der Waals surface area contributed by atoms with Crippen molar-refractivity contribution in [3.05, 3.63) is 94.8 Å². The fourth-order valence-corrected chi connectivity index (χ4v) is 4.79. The average Bonchev–Trinajstić information content (AvgIpc) is 3.36. The van der Waals surface area contributed by atoms with Gasteiger partial charge in [0, 0.05) is 24.5 Å². The summed E-state index contributed by atoms with van der Waals surface area (Å²) < 4.78 is 2.81. The van der Waals surface area contributed by atoms with Crippen molar-refractivity contribution in [2.45, 2.75) is 32.7 Å². The minimum Gasteiger partial charge on any atom is -0.382 e. The molecule has 0 aliphatic carbocycles. The molecule has 3 heterocycles. The number of hydrogen-bond donors (Lipinski definition) is 2. The molecule has 5 rings (SSSR count). The van der Waals surface area contributed by atoms with Crippen molar-refractivity contribution in [3.63, 3.8) is 0 Å². The molecular formula is C34H35N9O3. The van der Waals surface area contributed by atoms with E-state index in [-0.39, 0.29) is 29.3 Å². The zero-order valence-electron chi connectivity index (χ0n) is 26.4. The van der Waals surface area contributed by atoms with E-state index in [1.54, 1.807) is 61.8 Å². The lowest BCUT2D eigenvalue weighted by Gasteiger charge is -2.16. The van der Waals surface area contributed by atoms with E-state index in [2.05, 4.69) is 39.0 Å². The summed E-state index contributed by atoms with van der Waals surface area (Å²) in [6.45, 7) is 4.00. The van der Waals surface area contributed by atoms with E-state index in [1.807, 2.05) is 38.1 Å². The predicted molar refractivity (Wildman–Crippen MR) is 179 cm³/mol. The van der Waals surface area contributed by atoms with Gasteiger partial charge >= 0.3 is 11.6 Å². The van der Waals surface area contributed by atoms with Crippen LogP contribution >= 0.6 is 0 Å². The third-order valence-corrected chi connectivity index (χ3v) is 7.58. The van der Waals surface area contributed by atoms with Crippen LogP contribution < -0.4 is 21.6 Å². The number of nitrogen functional groups attached to an aromatic ring is 1. The summed E-state index contributed by atoms with van der Waals surface area (Å²) in [5.41, 5.74) is 9.35. The van der Waals surface area contributed by atoms with Gasteiger partial charge in [0.2, 0.25) is 0 Å². The summed E-state index contributed by atoms with van der Waals surface area (Å²) in [7, 11) is 5.40. The maximum Gasteiger partial charge on any atom is 0.339 e. The minimum absolute atomic E-state index is 0.0957. The van der Waals surface area contributed by atoms with Gasteiger partial charge in [-0.3, -0.25) is 19.1 Å². The Morgan fingerprint density at radius 3 is 2.46 bits per heavy atom. The Morgan fingerprint density at radius 2 is 1.74 bits per heavy atom. The van der Waals surface area contributed by atoms with E-state index in [4.69, 9.17) is 5.73 Å². The van der Waals surface area contributed by atoms with Crippen molar-refractivity contribution < 1.29 is 9.59 Å². The Morgan fingerprint density at radius 1 is 0.978 bits per heavy atom. The zero-order chi connectivity index (χ0) is 33.0. The second-order valence-corrected chi connectivity index (χ2v) is 11.0. The lowest BCUT2D eigenvalue weighted by atomic mass is 10.1. The van der Waals surface area contributed by atoms with Gasteiger partial charge in [0.1, 0.15) is 17.7 Å². The maximum absolute atomic E-state index is 14.1. The molecule has 0 spiro atoms. The second kappa shape index (κ2) is 13.5. The van der Waals surface area contributed by atoms with Crippen LogP contribution in [0, 0.1) is 11.8 Å². The van der Waals surface area contributed by atoms with Crippen LogP contribution in [-0.2, 0) is 11.2 Å². The van der Waals surface area contributed by atoms with Gasteiger partial charge in [0.25, 0.3) is 5.91 Å². The smallest absolute Gasteiger partial charge is 0.339 e. The first-order valence-electron chi connectivity index (χ1n) is 14.8. The van der Waals surface area contributed by atoms with Crippen molar-refractivity contribution in [1.29, 1.82) is 0 Å². The topological polar surface area (TPSA) is 144 Å². The van der Waals surface area contributed by atoms with E-state index in [0.29, 0.717) is 34.0 Å². The highest BCUT2D eigenvalue weighted by Crippen LogP contribution is 2.25. The minimum atomic E-state index is -0.456. The highest BCUT2D eigenvalue weighted by Gasteiger charge is 2.21. The van der Waals surface area contributed by atoms with Crippen molar-refractivity contribution in [3.8, 4) is 23.2 Å². The lowest BCUT2D eigenvalue weighted by molar-refractivity contribution is -0.113. The van der Waals surface area contributed by atoms with Crippen molar-refractivity contribution in [1.82, 2.24) is 29.0 Å². The van der Waals surface area contributed by atoms with E-state index < -0.39 is 5.69 Å². The third kappa shape index (κ3) is 6.50. The van der Waals surface area contributed by atoms with Gasteiger partial charge in [-0.15, -0.1) is 0 Å². The average molecular weight is 618 g/mol. The molecule has 0 saturated heterocycles. The van der Waals surface area contributed by atoms with E-state index in [9.17, 15) is 14.4 Å². The first-order chi connectivity index (χ1) is 22.1. The number of rotatable bonds is 8. The molecule has 0 radical (unpaired) electrons. The first kappa shape index (κ1) is 31.6. The number of nitrogens with zero attached hydrogens (tertiary/aromatic N) is 7. The number of nitrogens with two attached hydrogens (primary N) is 1. The highest BCUT2D eigenvalue weighted by atomic mass is 16.2. The van der Waals surface area contributed by atoms with E-state index in [1.165, 1.54) is 20.4 Å². The summed E-state index contributed by atoms with van der Waals surface area (Å²) in [5.74, 6) is 5.47. The largest absolute Gasteiger partial charge is 0.382 e. The zero-order valence-corrected chi connectivity index (χ0v) is 26.4. The maximum atomic E-state index is 14.1. The number of aromatic nitrogens is 5. The third-order valence-electron chi connectivity index (χ3n) is 7.58. The molecule has 5 aromatic rings. The molecule has 0 aliphatic heterocycles. The number of imidazole rings is 1. The summed E-state index contributed by atoms with van der Waals surface area (Å²) in [6, 6.07) is 17.2. The van der Waals surface area contributed by atoms with Crippen molar-refractivity contribution in [2.24, 2.45) is 0 Å². The Balaban J connectivity index is 1.49. The van der Waals surface area contributed by atoms with Crippen LogP contribution in [0.15, 0.2) is 78.0 Å². The monoisotopic (exact) mass is 617 g/mol. The molecule has 12 heteroatoms. The highest BCUT2D eigenvalue weighted by molar-refractivity contribution is 6.06. The Labute approximate surface area is 266 Å². The summed E-state index contributed by atoms with van der Waals surface area (Å²) in [5, 5.41) is 2.83. The van der Waals surface area contributed by atoms with Gasteiger partial charge in [-0.2, -0.15) is 0 Å². The molecule has 2 aromatic carbocycles. The molecule has 3 aromatic heterocycles. The normalized spacial score (nSPS) is 11.6. The second-order valence-electron chi connectivity index (χ2n) is 11.0. The molecule has 234 valence electrons. The molecule has 1 atom stereocenters. The van der Waals surface area contributed by atoms with Crippen LogP contribution in [0.4, 0.5) is 17.3 Å². The number of anilines is 3. The number of amides is 2. The van der Waals surface area contributed by atoms with Gasteiger partial charge in [-0.25, -0.2) is 24.3 Å². The standard InChI is InChI=1S/C34H35N9O3/c1-6-8-23-17-18-36-28(19-23)39-33(45)24-12-14-25(15-13-24)42-30-31(35)37-21-38-32(30)43(34(42)46)27-10-7-9-26(20-27)41(5)29(44)16-11-22(2)40(3)4/h7,9-10,12-15,17-22H,6,8H2,1-5H3,(H2,35,37,38)(H,36,39,45). The SMILES string of the molecule is CCCc1ccnc(NC(=O)c2ccc(-n3c(=O)n(-c4cccc(N(C)C(=O)C#CC(C)N(C)C)c4)c4ncnc(N)c43)cc2)c1. The van der Waals surface area contributed by atoms with Gasteiger partial charge in [0.05, 0.1) is 17.4 Å². The quantitative estimate of drug-likeness (QED) is 0.251. The molecule has 46 heavy (non-hydrogen) atoms. The molecule has 3 N–H and O–H groups in total. The fraction of sp³-hybridized carbons (Fsp3) is 0.235. The number of benzene rings is 2.